The molecule has 0 atom stereocenters. The molecule has 0 fully saturated rings. The number of carbonyl (C=O) groups is 2. The number of benzene rings is 1. The van der Waals surface area contributed by atoms with Gasteiger partial charge < -0.3 is 14.8 Å². The summed E-state index contributed by atoms with van der Waals surface area (Å²) in [5.74, 6) is 0.0436. The molecule has 0 radical (unpaired) electrons. The molecule has 2 amide bonds. The monoisotopic (exact) mass is 396 g/mol. The lowest BCUT2D eigenvalue weighted by Gasteiger charge is -2.11. The maximum Gasteiger partial charge on any atom is 0.243 e. The van der Waals surface area contributed by atoms with Gasteiger partial charge in [0.2, 0.25) is 17.7 Å². The number of hydrogen-bond donors (Lipinski definition) is 1. The summed E-state index contributed by atoms with van der Waals surface area (Å²) in [5, 5.41) is 8.57. The Kier molecular flexibility index (Phi) is 7.29. The highest BCUT2D eigenvalue weighted by molar-refractivity contribution is 6.02. The molecule has 1 aliphatic rings. The Balaban J connectivity index is 1.43. The molecule has 8 nitrogen and oxygen atoms in total. The minimum atomic E-state index is -0.250. The van der Waals surface area contributed by atoms with E-state index in [1.807, 2.05) is 30.3 Å². The van der Waals surface area contributed by atoms with Gasteiger partial charge in [0.05, 0.1) is 30.7 Å². The Morgan fingerprint density at radius 1 is 1.10 bits per heavy atom. The second-order valence-corrected chi connectivity index (χ2v) is 6.45. The summed E-state index contributed by atoms with van der Waals surface area (Å²) in [5.41, 5.74) is 2.46. The van der Waals surface area contributed by atoms with E-state index in [-0.39, 0.29) is 24.7 Å². The summed E-state index contributed by atoms with van der Waals surface area (Å²) in [6.45, 7) is 1.42. The summed E-state index contributed by atoms with van der Waals surface area (Å²) in [7, 11) is 1.60. The Labute approximate surface area is 169 Å². The van der Waals surface area contributed by atoms with Crippen LogP contribution in [0.3, 0.4) is 0 Å². The van der Waals surface area contributed by atoms with E-state index in [2.05, 4.69) is 15.4 Å². The molecule has 0 bridgehead atoms. The van der Waals surface area contributed by atoms with Crippen molar-refractivity contribution in [3.05, 3.63) is 54.2 Å². The van der Waals surface area contributed by atoms with Crippen molar-refractivity contribution in [1.82, 2.24) is 9.99 Å². The number of nitrogens with zero attached hydrogens (tertiary/aromatic N) is 3. The molecule has 29 heavy (non-hydrogen) atoms. The van der Waals surface area contributed by atoms with Crippen molar-refractivity contribution in [2.45, 2.75) is 19.3 Å². The van der Waals surface area contributed by atoms with Crippen molar-refractivity contribution in [2.75, 3.05) is 32.2 Å². The van der Waals surface area contributed by atoms with E-state index < -0.39 is 0 Å². The van der Waals surface area contributed by atoms with Crippen LogP contribution in [0.1, 0.15) is 24.8 Å². The van der Waals surface area contributed by atoms with Crippen LogP contribution in [0.25, 0.3) is 0 Å². The predicted molar refractivity (Wildman–Crippen MR) is 109 cm³/mol. The quantitative estimate of drug-likeness (QED) is 0.657. The van der Waals surface area contributed by atoms with Gasteiger partial charge in [-0.2, -0.15) is 5.10 Å². The number of nitrogens with one attached hydrogen (secondary N) is 1. The third-order valence-electron chi connectivity index (χ3n) is 4.32. The molecule has 0 spiro atoms. The molecular formula is C21H24N4O4. The fraction of sp³-hybridized carbons (Fsp3) is 0.333. The van der Waals surface area contributed by atoms with Crippen LogP contribution < -0.4 is 10.1 Å². The summed E-state index contributed by atoms with van der Waals surface area (Å²) >= 11 is 0. The number of anilines is 1. The number of ether oxygens (including phenoxy) is 2. The molecule has 0 aliphatic carbocycles. The Morgan fingerprint density at radius 3 is 2.66 bits per heavy atom. The maximum atomic E-state index is 12.3. The molecule has 2 heterocycles. The Hall–Kier alpha value is -3.26. The first kappa shape index (κ1) is 20.5. The lowest BCUT2D eigenvalue weighted by atomic mass is 10.1. The van der Waals surface area contributed by atoms with Crippen molar-refractivity contribution in [1.29, 1.82) is 0 Å². The zero-order valence-electron chi connectivity index (χ0n) is 16.3. The topological polar surface area (TPSA) is 93.1 Å². The smallest absolute Gasteiger partial charge is 0.243 e. The van der Waals surface area contributed by atoms with Crippen molar-refractivity contribution in [3.63, 3.8) is 0 Å². The van der Waals surface area contributed by atoms with Crippen LogP contribution in [-0.2, 0) is 14.3 Å². The normalized spacial score (nSPS) is 13.1. The predicted octanol–water partition coefficient (Wildman–Crippen LogP) is 2.46. The van der Waals surface area contributed by atoms with Crippen LogP contribution in [0.2, 0.25) is 0 Å². The summed E-state index contributed by atoms with van der Waals surface area (Å²) in [6, 6.07) is 13.1. The van der Waals surface area contributed by atoms with Gasteiger partial charge in [-0.05, 0) is 11.6 Å². The van der Waals surface area contributed by atoms with E-state index in [4.69, 9.17) is 9.47 Å². The highest BCUT2D eigenvalue weighted by Gasteiger charge is 2.21. The van der Waals surface area contributed by atoms with E-state index in [1.54, 1.807) is 19.2 Å². The van der Waals surface area contributed by atoms with Gasteiger partial charge in [-0.25, -0.2) is 9.99 Å². The van der Waals surface area contributed by atoms with Gasteiger partial charge >= 0.3 is 0 Å². The molecule has 0 saturated carbocycles. The van der Waals surface area contributed by atoms with Crippen molar-refractivity contribution >= 4 is 23.2 Å². The van der Waals surface area contributed by atoms with Crippen LogP contribution in [-0.4, -0.2) is 54.4 Å². The number of aromatic nitrogens is 1. The number of hydrogen-bond acceptors (Lipinski definition) is 6. The SMILES string of the molecule is COCCOc1ccc(NC(=O)CCC(=O)N2CCC(c3ccccc3)=N2)cn1. The van der Waals surface area contributed by atoms with E-state index >= 15 is 0 Å². The van der Waals surface area contributed by atoms with Gasteiger partial charge in [-0.15, -0.1) is 0 Å². The molecule has 1 aromatic carbocycles. The average Bonchev–Trinajstić information content (AvgIpc) is 3.25. The molecule has 2 aromatic rings. The Bertz CT molecular complexity index is 853. The second kappa shape index (κ2) is 10.3. The van der Waals surface area contributed by atoms with Crippen LogP contribution in [0, 0.1) is 0 Å². The number of methoxy groups -OCH3 is 1. The first-order chi connectivity index (χ1) is 14.2. The fourth-order valence-corrected chi connectivity index (χ4v) is 2.81. The highest BCUT2D eigenvalue weighted by Crippen LogP contribution is 2.16. The van der Waals surface area contributed by atoms with Crippen LogP contribution in [0.5, 0.6) is 5.88 Å². The Morgan fingerprint density at radius 2 is 1.93 bits per heavy atom. The zero-order valence-corrected chi connectivity index (χ0v) is 16.3. The van der Waals surface area contributed by atoms with Crippen LogP contribution in [0.15, 0.2) is 53.8 Å². The maximum absolute atomic E-state index is 12.3. The second-order valence-electron chi connectivity index (χ2n) is 6.45. The van der Waals surface area contributed by atoms with Crippen LogP contribution in [0.4, 0.5) is 5.69 Å². The van der Waals surface area contributed by atoms with E-state index in [1.165, 1.54) is 11.2 Å². The third-order valence-corrected chi connectivity index (χ3v) is 4.32. The molecule has 152 valence electrons. The molecule has 0 saturated heterocycles. The minimum Gasteiger partial charge on any atom is -0.475 e. The van der Waals surface area contributed by atoms with Gasteiger partial charge in [0.15, 0.2) is 0 Å². The average molecular weight is 396 g/mol. The van der Waals surface area contributed by atoms with Crippen molar-refractivity contribution < 1.29 is 19.1 Å². The van der Waals surface area contributed by atoms with E-state index in [0.717, 1.165) is 11.3 Å². The molecule has 8 heteroatoms. The van der Waals surface area contributed by atoms with Crippen molar-refractivity contribution in [2.24, 2.45) is 5.10 Å². The van der Waals surface area contributed by atoms with Gasteiger partial charge in [-0.1, -0.05) is 30.3 Å². The van der Waals surface area contributed by atoms with Gasteiger partial charge in [0, 0.05) is 32.4 Å². The lowest BCUT2D eigenvalue weighted by Crippen LogP contribution is -2.25. The highest BCUT2D eigenvalue weighted by atomic mass is 16.5. The van der Waals surface area contributed by atoms with Crippen LogP contribution >= 0.6 is 0 Å². The largest absolute Gasteiger partial charge is 0.475 e. The van der Waals surface area contributed by atoms with E-state index in [9.17, 15) is 9.59 Å². The summed E-state index contributed by atoms with van der Waals surface area (Å²) in [4.78, 5) is 28.6. The van der Waals surface area contributed by atoms with Gasteiger partial charge in [-0.3, -0.25) is 9.59 Å². The molecule has 1 N–H and O–H groups in total. The fourth-order valence-electron chi connectivity index (χ4n) is 2.81. The molecule has 1 aliphatic heterocycles. The lowest BCUT2D eigenvalue weighted by molar-refractivity contribution is -0.132. The number of hydrazone groups is 1. The van der Waals surface area contributed by atoms with Gasteiger partial charge in [0.25, 0.3) is 0 Å². The van der Waals surface area contributed by atoms with E-state index in [0.29, 0.717) is 37.7 Å². The number of amides is 2. The molecule has 3 rings (SSSR count). The summed E-state index contributed by atoms with van der Waals surface area (Å²) < 4.78 is 10.3. The first-order valence-electron chi connectivity index (χ1n) is 9.46. The third kappa shape index (κ3) is 6.11. The number of pyridine rings is 1. The number of carbonyl (C=O) groups excluding carboxylic acids is 2. The molecular weight excluding hydrogens is 372 g/mol. The number of rotatable bonds is 9. The first-order valence-corrected chi connectivity index (χ1v) is 9.46. The molecule has 1 aromatic heterocycles. The van der Waals surface area contributed by atoms with Gasteiger partial charge in [0.1, 0.15) is 6.61 Å². The summed E-state index contributed by atoms with van der Waals surface area (Å²) in [6.07, 6.45) is 2.41. The zero-order chi connectivity index (χ0) is 20.5. The minimum absolute atomic E-state index is 0.0810. The standard InChI is InChI=1S/C21H24N4O4/c1-28-13-14-29-20-9-7-17(15-22-20)23-19(26)8-10-21(27)25-12-11-18(24-25)16-5-3-2-4-6-16/h2-7,9,15H,8,10-14H2,1H3,(H,23,26). The molecule has 0 unspecified atom stereocenters. The van der Waals surface area contributed by atoms with Crippen molar-refractivity contribution in [3.8, 4) is 5.88 Å².